The number of allylic oxidation sites excluding steroid dienone is 4. The molecule has 3 N–H and O–H groups in total. The summed E-state index contributed by atoms with van der Waals surface area (Å²) < 4.78 is 0. The van der Waals surface area contributed by atoms with Crippen molar-refractivity contribution in [2.24, 2.45) is 0 Å². The zero-order valence-electron chi connectivity index (χ0n) is 23.3. The summed E-state index contributed by atoms with van der Waals surface area (Å²) in [5.41, 5.74) is 0. The molecule has 0 spiro atoms. The van der Waals surface area contributed by atoms with Crippen LogP contribution in [0.1, 0.15) is 149 Å². The van der Waals surface area contributed by atoms with E-state index >= 15 is 0 Å². The van der Waals surface area contributed by atoms with Gasteiger partial charge in [0.15, 0.2) is 0 Å². The molecule has 0 bridgehead atoms. The first-order valence-corrected chi connectivity index (χ1v) is 15.0. The quantitative estimate of drug-likeness (QED) is 0.0840. The Balaban J connectivity index is 3.66. The lowest BCUT2D eigenvalue weighted by Gasteiger charge is -2.22. The predicted molar refractivity (Wildman–Crippen MR) is 152 cm³/mol. The van der Waals surface area contributed by atoms with E-state index in [0.717, 1.165) is 44.9 Å². The number of unbranched alkanes of at least 4 members (excludes halogenated alkanes) is 15. The minimum Gasteiger partial charge on any atom is -0.394 e. The molecule has 0 aliphatic carbocycles. The van der Waals surface area contributed by atoms with Gasteiger partial charge in [-0.3, -0.25) is 4.79 Å². The van der Waals surface area contributed by atoms with E-state index in [-0.39, 0.29) is 12.5 Å². The number of aliphatic hydroxyl groups excluding tert-OH is 2. The molecule has 0 aromatic rings. The SMILES string of the molecule is CCC/C=C\C/C=C\CCCCCCCC(=O)NC(CO)C(O)CCCCCCCCCCCC. The standard InChI is InChI=1S/C31H59NO3/c1-3-5-7-9-11-13-15-16-17-19-21-23-25-27-31(35)32-29(28-33)30(34)26-24-22-20-18-14-12-10-8-6-4-2/h7,9,13,15,29-30,33-34H,3-6,8,10-12,14,16-28H2,1-2H3,(H,32,35)/b9-7-,15-13-. The monoisotopic (exact) mass is 493 g/mol. The third-order valence-electron chi connectivity index (χ3n) is 6.70. The van der Waals surface area contributed by atoms with Gasteiger partial charge in [-0.1, -0.05) is 128 Å². The molecular formula is C31H59NO3. The summed E-state index contributed by atoms with van der Waals surface area (Å²) in [6.45, 7) is 4.24. The van der Waals surface area contributed by atoms with E-state index < -0.39 is 12.1 Å². The fourth-order valence-corrected chi connectivity index (χ4v) is 4.34. The van der Waals surface area contributed by atoms with Crippen LogP contribution in [0.15, 0.2) is 24.3 Å². The van der Waals surface area contributed by atoms with Gasteiger partial charge in [0.25, 0.3) is 0 Å². The van der Waals surface area contributed by atoms with Gasteiger partial charge in [-0.25, -0.2) is 0 Å². The maximum absolute atomic E-state index is 12.2. The maximum Gasteiger partial charge on any atom is 0.220 e. The summed E-state index contributed by atoms with van der Waals surface area (Å²) in [7, 11) is 0. The number of rotatable bonds is 26. The molecule has 0 aliphatic heterocycles. The highest BCUT2D eigenvalue weighted by Gasteiger charge is 2.19. The van der Waals surface area contributed by atoms with Gasteiger partial charge in [0.05, 0.1) is 18.8 Å². The van der Waals surface area contributed by atoms with E-state index in [2.05, 4.69) is 43.5 Å². The highest BCUT2D eigenvalue weighted by molar-refractivity contribution is 5.76. The smallest absolute Gasteiger partial charge is 0.220 e. The Bertz CT molecular complexity index is 503. The average Bonchev–Trinajstić information content (AvgIpc) is 2.86. The minimum absolute atomic E-state index is 0.0507. The van der Waals surface area contributed by atoms with Crippen LogP contribution in [0.5, 0.6) is 0 Å². The number of carbonyl (C=O) groups excluding carboxylic acids is 1. The summed E-state index contributed by atoms with van der Waals surface area (Å²) in [6, 6.07) is -0.537. The molecule has 0 aromatic carbocycles. The molecule has 0 heterocycles. The van der Waals surface area contributed by atoms with E-state index in [1.54, 1.807) is 0 Å². The highest BCUT2D eigenvalue weighted by atomic mass is 16.3. The zero-order chi connectivity index (χ0) is 25.8. The van der Waals surface area contributed by atoms with Crippen LogP contribution in [0, 0.1) is 0 Å². The van der Waals surface area contributed by atoms with Crippen LogP contribution in [-0.2, 0) is 4.79 Å². The molecule has 0 saturated carbocycles. The molecule has 35 heavy (non-hydrogen) atoms. The van der Waals surface area contributed by atoms with Crippen molar-refractivity contribution < 1.29 is 15.0 Å². The second kappa shape index (κ2) is 27.5. The Morgan fingerprint density at radius 1 is 0.686 bits per heavy atom. The fourth-order valence-electron chi connectivity index (χ4n) is 4.34. The van der Waals surface area contributed by atoms with Gasteiger partial charge in [0.2, 0.25) is 5.91 Å². The van der Waals surface area contributed by atoms with Gasteiger partial charge in [-0.15, -0.1) is 0 Å². The third kappa shape index (κ3) is 24.3. The molecule has 0 aromatic heterocycles. The van der Waals surface area contributed by atoms with Gasteiger partial charge in [-0.05, 0) is 38.5 Å². The Hall–Kier alpha value is -1.13. The molecule has 2 atom stereocenters. The number of hydrogen-bond acceptors (Lipinski definition) is 3. The van der Waals surface area contributed by atoms with Crippen LogP contribution in [0.3, 0.4) is 0 Å². The molecule has 0 fully saturated rings. The molecule has 4 heteroatoms. The minimum atomic E-state index is -0.659. The Morgan fingerprint density at radius 3 is 1.83 bits per heavy atom. The summed E-state index contributed by atoms with van der Waals surface area (Å²) >= 11 is 0. The number of aliphatic hydroxyl groups is 2. The first kappa shape index (κ1) is 33.9. The van der Waals surface area contributed by atoms with Crippen LogP contribution in [0.2, 0.25) is 0 Å². The van der Waals surface area contributed by atoms with Crippen molar-refractivity contribution in [3.05, 3.63) is 24.3 Å². The fraction of sp³-hybridized carbons (Fsp3) is 0.839. The summed E-state index contributed by atoms with van der Waals surface area (Å²) in [6.07, 6.45) is 32.1. The molecule has 4 nitrogen and oxygen atoms in total. The maximum atomic E-state index is 12.2. The Labute approximate surface area is 218 Å². The van der Waals surface area contributed by atoms with Gasteiger partial charge >= 0.3 is 0 Å². The number of amides is 1. The van der Waals surface area contributed by atoms with Crippen LogP contribution in [-0.4, -0.2) is 34.9 Å². The van der Waals surface area contributed by atoms with Crippen molar-refractivity contribution >= 4 is 5.91 Å². The van der Waals surface area contributed by atoms with E-state index in [1.165, 1.54) is 77.0 Å². The third-order valence-corrected chi connectivity index (χ3v) is 6.70. The van der Waals surface area contributed by atoms with Gasteiger partial charge in [0.1, 0.15) is 0 Å². The van der Waals surface area contributed by atoms with Crippen molar-refractivity contribution in [2.75, 3.05) is 6.61 Å². The molecule has 2 unspecified atom stereocenters. The van der Waals surface area contributed by atoms with Crippen LogP contribution >= 0.6 is 0 Å². The molecule has 0 saturated heterocycles. The zero-order valence-corrected chi connectivity index (χ0v) is 23.3. The topological polar surface area (TPSA) is 69.6 Å². The number of hydrogen-bond donors (Lipinski definition) is 3. The lowest BCUT2D eigenvalue weighted by molar-refractivity contribution is -0.123. The molecule has 0 radical (unpaired) electrons. The first-order valence-electron chi connectivity index (χ1n) is 15.0. The van der Waals surface area contributed by atoms with Crippen molar-refractivity contribution in [2.45, 2.75) is 161 Å². The van der Waals surface area contributed by atoms with Crippen molar-refractivity contribution in [1.29, 1.82) is 0 Å². The summed E-state index contributed by atoms with van der Waals surface area (Å²) in [4.78, 5) is 12.2. The van der Waals surface area contributed by atoms with Crippen molar-refractivity contribution in [3.8, 4) is 0 Å². The normalized spacial score (nSPS) is 13.6. The van der Waals surface area contributed by atoms with E-state index in [4.69, 9.17) is 0 Å². The van der Waals surface area contributed by atoms with E-state index in [9.17, 15) is 15.0 Å². The molecule has 206 valence electrons. The molecule has 1 amide bonds. The van der Waals surface area contributed by atoms with Gasteiger partial charge in [-0.2, -0.15) is 0 Å². The first-order chi connectivity index (χ1) is 17.2. The second-order valence-corrected chi connectivity index (χ2v) is 10.2. The Morgan fingerprint density at radius 2 is 1.23 bits per heavy atom. The second-order valence-electron chi connectivity index (χ2n) is 10.2. The van der Waals surface area contributed by atoms with E-state index in [0.29, 0.717) is 12.8 Å². The summed E-state index contributed by atoms with van der Waals surface area (Å²) in [5, 5.41) is 22.8. The average molecular weight is 494 g/mol. The largest absolute Gasteiger partial charge is 0.394 e. The van der Waals surface area contributed by atoms with Crippen molar-refractivity contribution in [1.82, 2.24) is 5.32 Å². The van der Waals surface area contributed by atoms with Crippen molar-refractivity contribution in [3.63, 3.8) is 0 Å². The van der Waals surface area contributed by atoms with Crippen LogP contribution < -0.4 is 5.32 Å². The molecule has 0 aliphatic rings. The molecular weight excluding hydrogens is 434 g/mol. The Kier molecular flexibility index (Phi) is 26.6. The van der Waals surface area contributed by atoms with Crippen LogP contribution in [0.4, 0.5) is 0 Å². The van der Waals surface area contributed by atoms with E-state index in [1.807, 2.05) is 0 Å². The van der Waals surface area contributed by atoms with Crippen LogP contribution in [0.25, 0.3) is 0 Å². The number of nitrogens with one attached hydrogen (secondary N) is 1. The molecule has 0 rings (SSSR count). The predicted octanol–water partition coefficient (Wildman–Crippen LogP) is 8.17. The van der Waals surface area contributed by atoms with Gasteiger partial charge in [0, 0.05) is 6.42 Å². The number of carbonyl (C=O) groups is 1. The summed E-state index contributed by atoms with van der Waals surface area (Å²) in [5.74, 6) is -0.0507. The highest BCUT2D eigenvalue weighted by Crippen LogP contribution is 2.13. The van der Waals surface area contributed by atoms with Gasteiger partial charge < -0.3 is 15.5 Å². The lowest BCUT2D eigenvalue weighted by Crippen LogP contribution is -2.45. The lowest BCUT2D eigenvalue weighted by atomic mass is 10.0.